The second kappa shape index (κ2) is 7.23. The zero-order valence-electron chi connectivity index (χ0n) is 14.3. The number of nitrogens with two attached hydrogens (primary N) is 1. The number of anilines is 2. The maximum absolute atomic E-state index is 13.3. The van der Waals surface area contributed by atoms with Gasteiger partial charge in [0.1, 0.15) is 5.60 Å². The van der Waals surface area contributed by atoms with Gasteiger partial charge in [0.2, 0.25) is 0 Å². The molecule has 0 aliphatic carbocycles. The predicted molar refractivity (Wildman–Crippen MR) is 90.4 cm³/mol. The lowest BCUT2D eigenvalue weighted by Gasteiger charge is -2.36. The number of nitrogen functional groups attached to an aromatic ring is 1. The highest BCUT2D eigenvalue weighted by molar-refractivity contribution is 5.68. The van der Waals surface area contributed by atoms with Gasteiger partial charge in [-0.3, -0.25) is 0 Å². The van der Waals surface area contributed by atoms with Gasteiger partial charge < -0.3 is 20.7 Å². The molecule has 1 fully saturated rings. The van der Waals surface area contributed by atoms with Crippen molar-refractivity contribution in [2.75, 3.05) is 23.7 Å². The number of alkyl halides is 2. The van der Waals surface area contributed by atoms with Crippen molar-refractivity contribution in [2.24, 2.45) is 0 Å². The molecular formula is C17H25F2N3O2. The second-order valence-corrected chi connectivity index (χ2v) is 7.05. The Hall–Kier alpha value is -2.05. The van der Waals surface area contributed by atoms with Gasteiger partial charge in [-0.1, -0.05) is 0 Å². The molecule has 1 aliphatic heterocycles. The Morgan fingerprint density at radius 1 is 1.42 bits per heavy atom. The Balaban J connectivity index is 2.07. The van der Waals surface area contributed by atoms with Gasteiger partial charge in [0.15, 0.2) is 0 Å². The number of benzene rings is 1. The van der Waals surface area contributed by atoms with Gasteiger partial charge in [-0.25, -0.2) is 13.6 Å². The first-order valence-corrected chi connectivity index (χ1v) is 8.08. The summed E-state index contributed by atoms with van der Waals surface area (Å²) in [5.74, 6) is 0. The van der Waals surface area contributed by atoms with E-state index < -0.39 is 18.1 Å². The van der Waals surface area contributed by atoms with Gasteiger partial charge in [0.25, 0.3) is 6.43 Å². The summed E-state index contributed by atoms with van der Waals surface area (Å²) in [6.07, 6.45) is -1.49. The van der Waals surface area contributed by atoms with Crippen molar-refractivity contribution in [3.8, 4) is 0 Å². The highest BCUT2D eigenvalue weighted by Crippen LogP contribution is 2.33. The van der Waals surface area contributed by atoms with Crippen LogP contribution in [-0.2, 0) is 4.74 Å². The van der Waals surface area contributed by atoms with Crippen LogP contribution in [-0.4, -0.2) is 30.8 Å². The van der Waals surface area contributed by atoms with Crippen LogP contribution in [0.1, 0.15) is 45.6 Å². The van der Waals surface area contributed by atoms with Crippen LogP contribution in [0, 0.1) is 0 Å². The number of alkyl carbamates (subject to hydrolysis) is 1. The molecule has 0 bridgehead atoms. The molecule has 3 N–H and O–H groups in total. The fourth-order valence-corrected chi connectivity index (χ4v) is 2.82. The van der Waals surface area contributed by atoms with Crippen LogP contribution in [0.2, 0.25) is 0 Å². The maximum atomic E-state index is 13.3. The third kappa shape index (κ3) is 4.97. The summed E-state index contributed by atoms with van der Waals surface area (Å²) < 4.78 is 31.8. The summed E-state index contributed by atoms with van der Waals surface area (Å²) >= 11 is 0. The third-order valence-corrected chi connectivity index (χ3v) is 3.77. The standard InChI is InChI=1S/C17H25F2N3O2/c1-17(2,3)24-16(23)21-12-5-4-8-22(10-12)14-7-6-11(20)9-13(14)15(18)19/h6-7,9,12,15H,4-5,8,10,20H2,1-3H3,(H,21,23). The quantitative estimate of drug-likeness (QED) is 0.823. The van der Waals surface area contributed by atoms with Crippen LogP contribution in [0.15, 0.2) is 18.2 Å². The average molecular weight is 341 g/mol. The van der Waals surface area contributed by atoms with Crippen molar-refractivity contribution in [1.82, 2.24) is 5.32 Å². The van der Waals surface area contributed by atoms with E-state index in [1.165, 1.54) is 6.07 Å². The number of nitrogens with zero attached hydrogens (tertiary/aromatic N) is 1. The summed E-state index contributed by atoms with van der Waals surface area (Å²) in [6, 6.07) is 4.40. The van der Waals surface area contributed by atoms with Crippen LogP contribution in [0.4, 0.5) is 25.0 Å². The molecule has 1 heterocycles. The minimum Gasteiger partial charge on any atom is -0.444 e. The second-order valence-electron chi connectivity index (χ2n) is 7.05. The van der Waals surface area contributed by atoms with E-state index in [1.54, 1.807) is 32.9 Å². The molecule has 1 unspecified atom stereocenters. The number of ether oxygens (including phenoxy) is 1. The van der Waals surface area contributed by atoms with Gasteiger partial charge in [-0.05, 0) is 51.8 Å². The van der Waals surface area contributed by atoms with E-state index in [0.717, 1.165) is 12.8 Å². The Kier molecular flexibility index (Phi) is 5.51. The number of carbonyl (C=O) groups excluding carboxylic acids is 1. The van der Waals surface area contributed by atoms with Crippen molar-refractivity contribution in [2.45, 2.75) is 51.7 Å². The molecule has 1 aliphatic rings. The van der Waals surface area contributed by atoms with E-state index >= 15 is 0 Å². The van der Waals surface area contributed by atoms with E-state index in [2.05, 4.69) is 5.32 Å². The Morgan fingerprint density at radius 2 is 2.12 bits per heavy atom. The van der Waals surface area contributed by atoms with Crippen LogP contribution in [0.25, 0.3) is 0 Å². The fraction of sp³-hybridized carbons (Fsp3) is 0.588. The number of amides is 1. The van der Waals surface area contributed by atoms with Gasteiger partial charge in [0.05, 0.1) is 0 Å². The number of hydrogen-bond acceptors (Lipinski definition) is 4. The van der Waals surface area contributed by atoms with Gasteiger partial charge >= 0.3 is 6.09 Å². The smallest absolute Gasteiger partial charge is 0.407 e. The molecule has 0 spiro atoms. The van der Waals surface area contributed by atoms with Crippen molar-refractivity contribution in [3.63, 3.8) is 0 Å². The fourth-order valence-electron chi connectivity index (χ4n) is 2.82. The highest BCUT2D eigenvalue weighted by Gasteiger charge is 2.26. The summed E-state index contributed by atoms with van der Waals surface area (Å²) in [4.78, 5) is 13.8. The zero-order chi connectivity index (χ0) is 17.9. The first kappa shape index (κ1) is 18.3. The average Bonchev–Trinajstić information content (AvgIpc) is 2.45. The summed E-state index contributed by atoms with van der Waals surface area (Å²) in [5, 5.41) is 2.82. The first-order chi connectivity index (χ1) is 11.2. The molecule has 2 rings (SSSR count). The summed E-state index contributed by atoms with van der Waals surface area (Å²) in [5.41, 5.74) is 5.76. The SMILES string of the molecule is CC(C)(C)OC(=O)NC1CCCN(c2ccc(N)cc2C(F)F)C1. The molecule has 0 aromatic heterocycles. The molecule has 7 heteroatoms. The molecule has 24 heavy (non-hydrogen) atoms. The minimum absolute atomic E-state index is 0.0760. The molecule has 1 aromatic carbocycles. The van der Waals surface area contributed by atoms with Crippen LogP contribution < -0.4 is 16.0 Å². The van der Waals surface area contributed by atoms with Crippen molar-refractivity contribution < 1.29 is 18.3 Å². The van der Waals surface area contributed by atoms with Gasteiger partial charge in [-0.2, -0.15) is 0 Å². The Morgan fingerprint density at radius 3 is 2.75 bits per heavy atom. The largest absolute Gasteiger partial charge is 0.444 e. The zero-order valence-corrected chi connectivity index (χ0v) is 14.3. The molecule has 0 radical (unpaired) electrons. The topological polar surface area (TPSA) is 67.6 Å². The molecule has 1 atom stereocenters. The minimum atomic E-state index is -2.59. The van der Waals surface area contributed by atoms with Gasteiger partial charge in [0, 0.05) is 36.1 Å². The van der Waals surface area contributed by atoms with Crippen LogP contribution in [0.5, 0.6) is 0 Å². The lowest BCUT2D eigenvalue weighted by molar-refractivity contribution is 0.0499. The van der Waals surface area contributed by atoms with Crippen molar-refractivity contribution in [1.29, 1.82) is 0 Å². The molecule has 134 valence electrons. The Labute approximate surface area is 141 Å². The van der Waals surface area contributed by atoms with Gasteiger partial charge in [-0.15, -0.1) is 0 Å². The lowest BCUT2D eigenvalue weighted by Crippen LogP contribution is -2.49. The number of nitrogens with one attached hydrogen (secondary N) is 1. The summed E-state index contributed by atoms with van der Waals surface area (Å²) in [7, 11) is 0. The number of piperidine rings is 1. The molecule has 5 nitrogen and oxygen atoms in total. The Bertz CT molecular complexity index is 588. The number of halogens is 2. The number of rotatable bonds is 3. The molecule has 1 amide bonds. The van der Waals surface area contributed by atoms with E-state index in [4.69, 9.17) is 10.5 Å². The number of hydrogen-bond donors (Lipinski definition) is 2. The van der Waals surface area contributed by atoms with Crippen molar-refractivity contribution >= 4 is 17.5 Å². The molecule has 0 saturated carbocycles. The van der Waals surface area contributed by atoms with E-state index in [1.807, 2.05) is 4.90 Å². The first-order valence-electron chi connectivity index (χ1n) is 8.08. The van der Waals surface area contributed by atoms with E-state index in [9.17, 15) is 13.6 Å². The van der Waals surface area contributed by atoms with Crippen LogP contribution >= 0.6 is 0 Å². The van der Waals surface area contributed by atoms with Crippen LogP contribution in [0.3, 0.4) is 0 Å². The molecule has 1 saturated heterocycles. The highest BCUT2D eigenvalue weighted by atomic mass is 19.3. The number of carbonyl (C=O) groups is 1. The monoisotopic (exact) mass is 341 g/mol. The normalized spacial score (nSPS) is 18.6. The van der Waals surface area contributed by atoms with E-state index in [-0.39, 0.29) is 11.6 Å². The molecule has 1 aromatic rings. The lowest BCUT2D eigenvalue weighted by atomic mass is 10.0. The molecular weight excluding hydrogens is 316 g/mol. The van der Waals surface area contributed by atoms with Crippen molar-refractivity contribution in [3.05, 3.63) is 23.8 Å². The maximum Gasteiger partial charge on any atom is 0.407 e. The third-order valence-electron chi connectivity index (χ3n) is 3.77. The van der Waals surface area contributed by atoms with E-state index in [0.29, 0.717) is 24.5 Å². The summed E-state index contributed by atoms with van der Waals surface area (Å²) in [6.45, 7) is 6.51. The predicted octanol–water partition coefficient (Wildman–Crippen LogP) is 3.70.